The maximum absolute atomic E-state index is 11.4. The zero-order chi connectivity index (χ0) is 24.6. The Balaban J connectivity index is 1.41. The molecule has 34 heavy (non-hydrogen) atoms. The molecule has 0 radical (unpaired) electrons. The molecule has 0 saturated carbocycles. The van der Waals surface area contributed by atoms with E-state index in [9.17, 15) is 15.0 Å². The number of thioether (sulfide) groups is 1. The van der Waals surface area contributed by atoms with Gasteiger partial charge in [0.15, 0.2) is 0 Å². The number of carboxylic acids is 1. The average Bonchev–Trinajstić information content (AvgIpc) is 2.82. The number of unbranched alkanes of at least 4 members (excludes halogenated alkanes) is 3. The molecule has 0 aliphatic heterocycles. The minimum Gasteiger partial charge on any atom is -0.507 e. The number of carbonyl (C=O) groups is 1. The summed E-state index contributed by atoms with van der Waals surface area (Å²) in [5.74, 6) is 0.569. The third-order valence-electron chi connectivity index (χ3n) is 5.91. The Hall–Kier alpha value is -2.63. The Morgan fingerprint density at radius 1 is 0.912 bits per heavy atom. The van der Waals surface area contributed by atoms with Crippen LogP contribution in [0.3, 0.4) is 0 Å². The number of rotatable bonds is 12. The van der Waals surface area contributed by atoms with Gasteiger partial charge in [-0.25, -0.2) is 4.79 Å². The largest absolute Gasteiger partial charge is 0.507 e. The van der Waals surface area contributed by atoms with Crippen molar-refractivity contribution < 1.29 is 19.7 Å². The van der Waals surface area contributed by atoms with Gasteiger partial charge >= 0.3 is 5.97 Å². The molecular weight excluding hydrogens is 468 g/mol. The van der Waals surface area contributed by atoms with Crippen LogP contribution >= 0.6 is 23.4 Å². The fourth-order valence-electron chi connectivity index (χ4n) is 3.70. The number of ether oxygens (including phenoxy) is 1. The smallest absolute Gasteiger partial charge is 0.339 e. The van der Waals surface area contributed by atoms with Gasteiger partial charge in [0.25, 0.3) is 0 Å². The van der Waals surface area contributed by atoms with Gasteiger partial charge in [-0.05, 0) is 78.3 Å². The van der Waals surface area contributed by atoms with E-state index in [0.29, 0.717) is 6.61 Å². The summed E-state index contributed by atoms with van der Waals surface area (Å²) in [6.07, 6.45) is 4.52. The van der Waals surface area contributed by atoms with Crippen LogP contribution in [0, 0.1) is 0 Å². The van der Waals surface area contributed by atoms with E-state index < -0.39 is 11.4 Å². The molecule has 180 valence electrons. The van der Waals surface area contributed by atoms with E-state index in [0.717, 1.165) is 40.5 Å². The van der Waals surface area contributed by atoms with Gasteiger partial charge < -0.3 is 14.9 Å². The van der Waals surface area contributed by atoms with E-state index in [-0.39, 0.29) is 11.3 Å². The van der Waals surface area contributed by atoms with E-state index in [4.69, 9.17) is 16.3 Å². The van der Waals surface area contributed by atoms with Crippen molar-refractivity contribution in [2.75, 3.05) is 12.4 Å². The Labute approximate surface area is 210 Å². The summed E-state index contributed by atoms with van der Waals surface area (Å²) in [5.41, 5.74) is 1.36. The topological polar surface area (TPSA) is 66.8 Å². The number of benzene rings is 3. The van der Waals surface area contributed by atoms with Gasteiger partial charge in [-0.3, -0.25) is 0 Å². The Kier molecular flexibility index (Phi) is 9.31. The quantitative estimate of drug-likeness (QED) is 0.197. The second-order valence-corrected chi connectivity index (χ2v) is 10.4. The second-order valence-electron chi connectivity index (χ2n) is 8.75. The van der Waals surface area contributed by atoms with Crippen LogP contribution in [0.2, 0.25) is 5.02 Å². The van der Waals surface area contributed by atoms with Crippen molar-refractivity contribution in [3.63, 3.8) is 0 Å². The average molecular weight is 499 g/mol. The summed E-state index contributed by atoms with van der Waals surface area (Å²) >= 11 is 7.78. The molecule has 0 saturated heterocycles. The molecule has 0 unspecified atom stereocenters. The van der Waals surface area contributed by atoms with Crippen molar-refractivity contribution in [2.45, 2.75) is 49.8 Å². The van der Waals surface area contributed by atoms with Gasteiger partial charge in [0.1, 0.15) is 17.1 Å². The van der Waals surface area contributed by atoms with Crippen molar-refractivity contribution in [2.24, 2.45) is 0 Å². The van der Waals surface area contributed by atoms with Crippen LogP contribution in [-0.4, -0.2) is 28.5 Å². The number of halogens is 1. The molecule has 6 heteroatoms. The Morgan fingerprint density at radius 3 is 2.24 bits per heavy atom. The first-order chi connectivity index (χ1) is 16.3. The molecule has 3 aromatic carbocycles. The number of hydrogen-bond acceptors (Lipinski definition) is 4. The Morgan fingerprint density at radius 2 is 1.56 bits per heavy atom. The van der Waals surface area contributed by atoms with Gasteiger partial charge in [0.05, 0.1) is 6.61 Å². The number of hydrogen-bond donors (Lipinski definition) is 2. The minimum absolute atomic E-state index is 0.0888. The second kappa shape index (κ2) is 12.2. The standard InChI is InChI=1S/C28H31ClO4S/c1-28(2,21-9-16-26(30)25(19-21)27(31)32)20-7-12-23(13-8-20)33-17-5-3-4-6-18-34-24-14-10-22(29)11-15-24/h7-16,19,30H,3-6,17-18H2,1-2H3,(H,31,32). The maximum Gasteiger partial charge on any atom is 0.339 e. The monoisotopic (exact) mass is 498 g/mol. The summed E-state index contributed by atoms with van der Waals surface area (Å²) in [6, 6.07) is 20.7. The zero-order valence-corrected chi connectivity index (χ0v) is 21.2. The van der Waals surface area contributed by atoms with Gasteiger partial charge in [-0.2, -0.15) is 0 Å². The summed E-state index contributed by atoms with van der Waals surface area (Å²) in [6.45, 7) is 4.76. The molecule has 2 N–H and O–H groups in total. The molecule has 0 aliphatic rings. The van der Waals surface area contributed by atoms with Crippen molar-refractivity contribution in [3.8, 4) is 11.5 Å². The van der Waals surface area contributed by atoms with Crippen molar-refractivity contribution in [1.82, 2.24) is 0 Å². The van der Waals surface area contributed by atoms with Crippen molar-refractivity contribution in [3.05, 3.63) is 88.4 Å². The fraction of sp³-hybridized carbons (Fsp3) is 0.321. The molecule has 0 fully saturated rings. The van der Waals surface area contributed by atoms with Crippen LogP contribution in [-0.2, 0) is 5.41 Å². The number of aromatic carboxylic acids is 1. The predicted octanol–water partition coefficient (Wildman–Crippen LogP) is 7.80. The SMILES string of the molecule is CC(C)(c1ccc(OCCCCCCSc2ccc(Cl)cc2)cc1)c1ccc(O)c(C(=O)O)c1. The van der Waals surface area contributed by atoms with Crippen LogP contribution in [0.5, 0.6) is 11.5 Å². The maximum atomic E-state index is 11.4. The Bertz CT molecular complexity index is 1080. The lowest BCUT2D eigenvalue weighted by Crippen LogP contribution is -2.19. The molecule has 0 heterocycles. The highest BCUT2D eigenvalue weighted by Crippen LogP contribution is 2.34. The van der Waals surface area contributed by atoms with Crippen LogP contribution in [0.15, 0.2) is 71.6 Å². The van der Waals surface area contributed by atoms with E-state index >= 15 is 0 Å². The first kappa shape index (κ1) is 26.0. The molecule has 3 rings (SSSR count). The summed E-state index contributed by atoms with van der Waals surface area (Å²) in [5, 5.41) is 19.9. The molecule has 0 aliphatic carbocycles. The van der Waals surface area contributed by atoms with Gasteiger partial charge in [-0.1, -0.05) is 56.5 Å². The van der Waals surface area contributed by atoms with E-state index in [2.05, 4.69) is 12.1 Å². The molecule has 0 bridgehead atoms. The number of carboxylic acid groups (broad SMARTS) is 1. The minimum atomic E-state index is -1.14. The number of phenols is 1. The van der Waals surface area contributed by atoms with E-state index in [1.807, 2.05) is 62.0 Å². The van der Waals surface area contributed by atoms with Crippen molar-refractivity contribution in [1.29, 1.82) is 0 Å². The highest BCUT2D eigenvalue weighted by Gasteiger charge is 2.25. The van der Waals surface area contributed by atoms with Crippen molar-refractivity contribution >= 4 is 29.3 Å². The molecule has 0 amide bonds. The first-order valence-electron chi connectivity index (χ1n) is 11.5. The molecule has 0 spiro atoms. The summed E-state index contributed by atoms with van der Waals surface area (Å²) < 4.78 is 5.90. The van der Waals surface area contributed by atoms with Crippen LogP contribution in [0.4, 0.5) is 0 Å². The molecule has 4 nitrogen and oxygen atoms in total. The van der Waals surface area contributed by atoms with Crippen LogP contribution < -0.4 is 4.74 Å². The lowest BCUT2D eigenvalue weighted by Gasteiger charge is -2.27. The van der Waals surface area contributed by atoms with Gasteiger partial charge in [0.2, 0.25) is 0 Å². The molecule has 3 aromatic rings. The molecule has 0 atom stereocenters. The fourth-order valence-corrected chi connectivity index (χ4v) is 4.74. The van der Waals surface area contributed by atoms with Gasteiger partial charge in [0, 0.05) is 15.3 Å². The summed E-state index contributed by atoms with van der Waals surface area (Å²) in [4.78, 5) is 12.6. The van der Waals surface area contributed by atoms with E-state index in [1.165, 1.54) is 29.9 Å². The highest BCUT2D eigenvalue weighted by atomic mass is 35.5. The van der Waals surface area contributed by atoms with E-state index in [1.54, 1.807) is 6.07 Å². The summed E-state index contributed by atoms with van der Waals surface area (Å²) in [7, 11) is 0. The zero-order valence-electron chi connectivity index (χ0n) is 19.6. The lowest BCUT2D eigenvalue weighted by molar-refractivity contribution is 0.0693. The predicted molar refractivity (Wildman–Crippen MR) is 140 cm³/mol. The lowest BCUT2D eigenvalue weighted by atomic mass is 9.77. The third kappa shape index (κ3) is 7.18. The van der Waals surface area contributed by atoms with Crippen LogP contribution in [0.25, 0.3) is 0 Å². The third-order valence-corrected chi connectivity index (χ3v) is 7.26. The van der Waals surface area contributed by atoms with Gasteiger partial charge in [-0.15, -0.1) is 11.8 Å². The first-order valence-corrected chi connectivity index (χ1v) is 12.8. The molecular formula is C28H31ClO4S. The number of aromatic hydroxyl groups is 1. The molecule has 0 aromatic heterocycles. The normalized spacial score (nSPS) is 11.4. The highest BCUT2D eigenvalue weighted by molar-refractivity contribution is 7.99. The van der Waals surface area contributed by atoms with Crippen LogP contribution in [0.1, 0.15) is 61.0 Å².